The summed E-state index contributed by atoms with van der Waals surface area (Å²) in [7, 11) is -4.81. The largest absolute Gasteiger partial charge is 0.480 e. The van der Waals surface area contributed by atoms with Gasteiger partial charge in [0.25, 0.3) is 0 Å². The summed E-state index contributed by atoms with van der Waals surface area (Å²) in [6.07, 6.45) is 56.9. The van der Waals surface area contributed by atoms with Crippen molar-refractivity contribution in [2.45, 2.75) is 128 Å². The summed E-state index contributed by atoms with van der Waals surface area (Å²) in [5.74, 6) is -2.82. The Labute approximate surface area is 377 Å². The number of aliphatic hydroxyl groups is 1. The maximum absolute atomic E-state index is 12.6. The molecule has 0 bridgehead atoms. The van der Waals surface area contributed by atoms with E-state index < -0.39 is 63.8 Å². The second-order valence-corrected chi connectivity index (χ2v) is 15.4. The lowest BCUT2D eigenvalue weighted by Gasteiger charge is -2.20. The van der Waals surface area contributed by atoms with E-state index in [2.05, 4.69) is 116 Å². The SMILES string of the molecule is CC/C=C\C/C=C\C/C=C\C/C=C\C/C=C\C=C/C(O)CCC(=O)O[C@H](COC(=O)CC/C=C\C/C=C\C/C=C\C/C=C\C/C=C\C/C=C\CC)COP(=O)(O)OC[C@H](N)C(=O)O. The van der Waals surface area contributed by atoms with Gasteiger partial charge >= 0.3 is 25.7 Å². The predicted octanol–water partition coefficient (Wildman–Crippen LogP) is 10.9. The quantitative estimate of drug-likeness (QED) is 0.0199. The number of hydrogen-bond donors (Lipinski definition) is 4. The molecule has 5 N–H and O–H groups in total. The molecule has 0 saturated heterocycles. The van der Waals surface area contributed by atoms with Crippen molar-refractivity contribution >= 4 is 25.7 Å². The van der Waals surface area contributed by atoms with Gasteiger partial charge in [-0.3, -0.25) is 23.4 Å². The standard InChI is InChI=1S/C50H74NO11P/c1-3-5-7-9-11-13-15-17-19-21-22-23-25-27-29-31-33-35-37-39-48(53)59-42-46(43-60-63(57,58)61-44-47(51)50(55)56)62-49(54)41-40-45(52)38-36-34-32-30-28-26-24-20-18-16-14-12-10-8-6-4-2/h5-8,11-14,17-20,22-23,26-29,32-36,38,45-47,52H,3-4,9-10,15-16,21,24-25,30-31,37,39-44,51H2,1-2H3,(H,55,56)(H,57,58)/b7-5-,8-6-,13-11-,14-12-,19-17-,20-18-,23-22-,28-26-,29-27-,34-32-,35-33-,38-36-/t45?,46-,47+/m1/s1. The summed E-state index contributed by atoms with van der Waals surface area (Å²) >= 11 is 0. The van der Waals surface area contributed by atoms with Crippen LogP contribution in [0.2, 0.25) is 0 Å². The van der Waals surface area contributed by atoms with Crippen LogP contribution in [0.15, 0.2) is 146 Å². The minimum atomic E-state index is -4.81. The second-order valence-electron chi connectivity index (χ2n) is 13.9. The fourth-order valence-corrected chi connectivity index (χ4v) is 5.56. The third-order valence-corrected chi connectivity index (χ3v) is 9.16. The van der Waals surface area contributed by atoms with Crippen LogP contribution in [0.4, 0.5) is 0 Å². The van der Waals surface area contributed by atoms with Gasteiger partial charge in [0, 0.05) is 12.8 Å². The Morgan fingerprint density at radius 2 is 0.968 bits per heavy atom. The maximum atomic E-state index is 12.6. The Hall–Kier alpha value is -4.68. The average molecular weight is 896 g/mol. The molecule has 4 atom stereocenters. The molecule has 0 amide bonds. The molecule has 0 aromatic carbocycles. The number of rotatable bonds is 38. The third kappa shape index (κ3) is 42.4. The number of carboxylic acids is 1. The zero-order valence-corrected chi connectivity index (χ0v) is 38.3. The third-order valence-electron chi connectivity index (χ3n) is 8.21. The number of esters is 2. The van der Waals surface area contributed by atoms with Crippen molar-refractivity contribution in [1.29, 1.82) is 0 Å². The minimum absolute atomic E-state index is 0.0219. The van der Waals surface area contributed by atoms with E-state index in [1.54, 1.807) is 12.2 Å². The Balaban J connectivity index is 4.74. The van der Waals surface area contributed by atoms with E-state index in [-0.39, 0.29) is 19.3 Å². The first-order valence-corrected chi connectivity index (χ1v) is 23.5. The van der Waals surface area contributed by atoms with Crippen molar-refractivity contribution in [1.82, 2.24) is 0 Å². The van der Waals surface area contributed by atoms with Crippen LogP contribution in [0.1, 0.15) is 110 Å². The molecule has 2 unspecified atom stereocenters. The lowest BCUT2D eigenvalue weighted by molar-refractivity contribution is -0.161. The summed E-state index contributed by atoms with van der Waals surface area (Å²) in [6, 6.07) is -1.58. The highest BCUT2D eigenvalue weighted by Gasteiger charge is 2.28. The van der Waals surface area contributed by atoms with Gasteiger partial charge in [-0.15, -0.1) is 0 Å². The maximum Gasteiger partial charge on any atom is 0.472 e. The summed E-state index contributed by atoms with van der Waals surface area (Å²) < 4.78 is 32.4. The number of phosphoric ester groups is 1. The summed E-state index contributed by atoms with van der Waals surface area (Å²) in [5, 5.41) is 19.2. The molecule has 0 aromatic rings. The molecule has 63 heavy (non-hydrogen) atoms. The van der Waals surface area contributed by atoms with Crippen LogP contribution in [0.3, 0.4) is 0 Å². The van der Waals surface area contributed by atoms with Gasteiger partial charge < -0.3 is 30.3 Å². The highest BCUT2D eigenvalue weighted by atomic mass is 31.2. The van der Waals surface area contributed by atoms with Crippen LogP contribution in [0.5, 0.6) is 0 Å². The lowest BCUT2D eigenvalue weighted by atomic mass is 10.2. The van der Waals surface area contributed by atoms with Gasteiger partial charge in [-0.2, -0.15) is 0 Å². The normalized spacial score (nSPS) is 15.5. The summed E-state index contributed by atoms with van der Waals surface area (Å²) in [6.45, 7) is 2.22. The molecular formula is C50H74NO11P. The van der Waals surface area contributed by atoms with E-state index >= 15 is 0 Å². The van der Waals surface area contributed by atoms with Crippen LogP contribution < -0.4 is 5.73 Å². The first kappa shape index (κ1) is 58.3. The van der Waals surface area contributed by atoms with Gasteiger partial charge in [-0.05, 0) is 83.5 Å². The average Bonchev–Trinajstić information content (AvgIpc) is 3.26. The molecule has 350 valence electrons. The zero-order valence-electron chi connectivity index (χ0n) is 37.4. The first-order chi connectivity index (χ1) is 30.5. The number of carbonyl (C=O) groups excluding carboxylic acids is 2. The molecule has 0 rings (SSSR count). The van der Waals surface area contributed by atoms with Gasteiger partial charge in [0.05, 0.1) is 19.3 Å². The number of carbonyl (C=O) groups is 3. The molecule has 12 nitrogen and oxygen atoms in total. The van der Waals surface area contributed by atoms with E-state index in [1.165, 1.54) is 6.08 Å². The first-order valence-electron chi connectivity index (χ1n) is 22.0. The Bertz CT molecular complexity index is 1630. The predicted molar refractivity (Wildman–Crippen MR) is 254 cm³/mol. The van der Waals surface area contributed by atoms with Crippen molar-refractivity contribution in [3.8, 4) is 0 Å². The zero-order chi connectivity index (χ0) is 46.5. The van der Waals surface area contributed by atoms with E-state index in [0.717, 1.165) is 64.2 Å². The number of allylic oxidation sites excluding steroid dienone is 23. The second kappa shape index (κ2) is 42.6. The number of carboxylic acid groups (broad SMARTS) is 1. The Morgan fingerprint density at radius 3 is 1.41 bits per heavy atom. The monoisotopic (exact) mass is 895 g/mol. The minimum Gasteiger partial charge on any atom is -0.480 e. The number of hydrogen-bond acceptors (Lipinski definition) is 10. The van der Waals surface area contributed by atoms with Crippen LogP contribution in [0.25, 0.3) is 0 Å². The van der Waals surface area contributed by atoms with Crippen LogP contribution >= 0.6 is 7.82 Å². The molecule has 0 fully saturated rings. The van der Waals surface area contributed by atoms with E-state index in [9.17, 15) is 28.9 Å². The van der Waals surface area contributed by atoms with Gasteiger partial charge in [0.2, 0.25) is 0 Å². The topological polar surface area (TPSA) is 192 Å². The molecule has 0 spiro atoms. The van der Waals surface area contributed by atoms with Crippen molar-refractivity contribution in [2.75, 3.05) is 19.8 Å². The molecule has 13 heteroatoms. The van der Waals surface area contributed by atoms with Gasteiger partial charge in [0.15, 0.2) is 6.10 Å². The van der Waals surface area contributed by atoms with Crippen LogP contribution in [-0.2, 0) is 37.5 Å². The molecule has 0 saturated carbocycles. The molecule has 0 aliphatic rings. The van der Waals surface area contributed by atoms with Crippen molar-refractivity contribution in [3.05, 3.63) is 146 Å². The van der Waals surface area contributed by atoms with Crippen molar-refractivity contribution < 1.29 is 52.6 Å². The summed E-state index contributed by atoms with van der Waals surface area (Å²) in [5.41, 5.74) is 5.31. The van der Waals surface area contributed by atoms with E-state index in [0.29, 0.717) is 12.8 Å². The fraction of sp³-hybridized carbons (Fsp3) is 0.460. The molecule has 0 heterocycles. The van der Waals surface area contributed by atoms with Crippen LogP contribution in [0, 0.1) is 0 Å². The summed E-state index contributed by atoms with van der Waals surface area (Å²) in [4.78, 5) is 46.0. The fourth-order valence-electron chi connectivity index (χ4n) is 4.79. The van der Waals surface area contributed by atoms with Gasteiger partial charge in [-0.1, -0.05) is 160 Å². The molecule has 0 aliphatic heterocycles. The lowest BCUT2D eigenvalue weighted by Crippen LogP contribution is -2.34. The van der Waals surface area contributed by atoms with Crippen LogP contribution in [-0.4, -0.2) is 71.1 Å². The van der Waals surface area contributed by atoms with E-state index in [1.807, 2.05) is 30.4 Å². The number of aliphatic hydroxyl groups excluding tert-OH is 1. The number of ether oxygens (including phenoxy) is 2. The number of nitrogens with two attached hydrogens (primary N) is 1. The molecule has 0 aliphatic carbocycles. The molecule has 0 radical (unpaired) electrons. The van der Waals surface area contributed by atoms with E-state index in [4.69, 9.17) is 24.8 Å². The van der Waals surface area contributed by atoms with Crippen molar-refractivity contribution in [2.24, 2.45) is 5.73 Å². The smallest absolute Gasteiger partial charge is 0.472 e. The van der Waals surface area contributed by atoms with Gasteiger partial charge in [0.1, 0.15) is 12.6 Å². The highest BCUT2D eigenvalue weighted by molar-refractivity contribution is 7.47. The van der Waals surface area contributed by atoms with Crippen molar-refractivity contribution in [3.63, 3.8) is 0 Å². The molecule has 0 aromatic heterocycles. The molecular weight excluding hydrogens is 822 g/mol. The Kier molecular flexibility index (Phi) is 39.4. The Morgan fingerprint density at radius 1 is 0.556 bits per heavy atom. The number of aliphatic carboxylic acids is 1. The number of phosphoric acid groups is 1. The van der Waals surface area contributed by atoms with Gasteiger partial charge in [-0.25, -0.2) is 4.57 Å². The highest BCUT2D eigenvalue weighted by Crippen LogP contribution is 2.43.